The molecule has 174 valence electrons. The highest BCUT2D eigenvalue weighted by atomic mass is 19.1. The van der Waals surface area contributed by atoms with Crippen LogP contribution in [0.4, 0.5) is 4.39 Å². The minimum Gasteiger partial charge on any atom is -0.493 e. The molecular weight excluding hydrogens is 415 g/mol. The molecule has 0 bridgehead atoms. The number of rotatable bonds is 8. The molecular formula is C24H31FN2O5. The number of halogens is 1. The molecule has 2 aromatic rings. The van der Waals surface area contributed by atoms with Gasteiger partial charge in [-0.25, -0.2) is 9.87 Å². The lowest BCUT2D eigenvalue weighted by molar-refractivity contribution is -0.138. The van der Waals surface area contributed by atoms with E-state index in [1.807, 2.05) is 0 Å². The van der Waals surface area contributed by atoms with Crippen molar-refractivity contribution in [2.24, 2.45) is 11.3 Å². The third kappa shape index (κ3) is 5.95. The molecule has 3 N–H and O–H groups in total. The Labute approximate surface area is 186 Å². The van der Waals surface area contributed by atoms with E-state index in [9.17, 15) is 19.1 Å². The quantitative estimate of drug-likeness (QED) is 0.426. The third-order valence-corrected chi connectivity index (χ3v) is 6.24. The Bertz CT molecular complexity index is 979. The Kier molecular flexibility index (Phi) is 7.69. The summed E-state index contributed by atoms with van der Waals surface area (Å²) in [5.74, 6) is 0.00373. The van der Waals surface area contributed by atoms with Crippen LogP contribution in [0.15, 0.2) is 41.3 Å². The molecule has 0 aliphatic heterocycles. The second kappa shape index (κ2) is 10.3. The Balaban J connectivity index is 1.64. The van der Waals surface area contributed by atoms with Gasteiger partial charge in [0.15, 0.2) is 0 Å². The predicted octanol–water partition coefficient (Wildman–Crippen LogP) is 3.51. The van der Waals surface area contributed by atoms with E-state index in [-0.39, 0.29) is 30.2 Å². The number of ether oxygens (including phenoxy) is 1. The van der Waals surface area contributed by atoms with Gasteiger partial charge >= 0.3 is 0 Å². The van der Waals surface area contributed by atoms with Gasteiger partial charge < -0.3 is 14.4 Å². The van der Waals surface area contributed by atoms with E-state index in [1.165, 1.54) is 10.6 Å². The molecule has 1 fully saturated rings. The highest BCUT2D eigenvalue weighted by Gasteiger charge is 2.27. The zero-order valence-electron chi connectivity index (χ0n) is 18.5. The molecule has 32 heavy (non-hydrogen) atoms. The molecule has 1 amide bonds. The minimum absolute atomic E-state index is 0.140. The fourth-order valence-corrected chi connectivity index (χ4v) is 3.86. The minimum atomic E-state index is -0.906. The molecule has 1 aromatic carbocycles. The van der Waals surface area contributed by atoms with Crippen LogP contribution < -0.4 is 15.8 Å². The molecule has 0 saturated heterocycles. The number of carbonyl (C=O) groups is 1. The van der Waals surface area contributed by atoms with Gasteiger partial charge in [0.25, 0.3) is 5.56 Å². The summed E-state index contributed by atoms with van der Waals surface area (Å²) in [7, 11) is 0. The largest absolute Gasteiger partial charge is 0.493 e. The van der Waals surface area contributed by atoms with Gasteiger partial charge in [-0.2, -0.15) is 0 Å². The van der Waals surface area contributed by atoms with Crippen LogP contribution in [-0.4, -0.2) is 33.5 Å². The summed E-state index contributed by atoms with van der Waals surface area (Å²) < 4.78 is 21.8. The van der Waals surface area contributed by atoms with Crippen molar-refractivity contribution in [3.8, 4) is 16.9 Å². The van der Waals surface area contributed by atoms with Crippen LogP contribution in [0.25, 0.3) is 11.1 Å². The summed E-state index contributed by atoms with van der Waals surface area (Å²) in [5.41, 5.74) is 1.10. The van der Waals surface area contributed by atoms with Gasteiger partial charge in [0.1, 0.15) is 11.6 Å². The van der Waals surface area contributed by atoms with Crippen molar-refractivity contribution < 1.29 is 24.2 Å². The molecule has 1 saturated carbocycles. The summed E-state index contributed by atoms with van der Waals surface area (Å²) >= 11 is 0. The van der Waals surface area contributed by atoms with Crippen molar-refractivity contribution in [1.82, 2.24) is 10.0 Å². The molecule has 0 radical (unpaired) electrons. The smallest absolute Gasteiger partial charge is 0.251 e. The zero-order valence-corrected chi connectivity index (χ0v) is 18.5. The lowest BCUT2D eigenvalue weighted by Gasteiger charge is -2.25. The first-order valence-electron chi connectivity index (χ1n) is 11.0. The molecule has 1 aliphatic rings. The highest BCUT2D eigenvalue weighted by molar-refractivity contribution is 5.80. The lowest BCUT2D eigenvalue weighted by atomic mass is 9.88. The van der Waals surface area contributed by atoms with Crippen molar-refractivity contribution in [3.05, 3.63) is 52.7 Å². The number of pyridine rings is 1. The fourth-order valence-electron chi connectivity index (χ4n) is 3.86. The SMILES string of the molecule is CC(C)(CCn1cc(F)c(-c2ccc(OC[C@H]3CC[C@H](O)CC3)cc2)cc1=O)C(=O)NO. The van der Waals surface area contributed by atoms with E-state index in [4.69, 9.17) is 9.94 Å². The third-order valence-electron chi connectivity index (χ3n) is 6.24. The normalized spacial score (nSPS) is 18.9. The van der Waals surface area contributed by atoms with E-state index in [0.29, 0.717) is 23.8 Å². The number of hydroxylamine groups is 1. The standard InChI is InChI=1S/C24H31FN2O5/c1-24(2,23(30)26-31)11-12-27-14-21(25)20(13-22(27)29)17-5-9-19(10-6-17)32-15-16-3-7-18(28)8-4-16/h5-6,9-10,13-14,16,18,28,31H,3-4,7-8,11-12,15H2,1-2H3,(H,26,30)/t16-,18-. The maximum absolute atomic E-state index is 14.8. The molecule has 8 heteroatoms. The average molecular weight is 447 g/mol. The average Bonchev–Trinajstić information content (AvgIpc) is 2.79. The summed E-state index contributed by atoms with van der Waals surface area (Å²) in [6.45, 7) is 3.99. The molecule has 1 aromatic heterocycles. The number of aliphatic hydroxyl groups excluding tert-OH is 1. The monoisotopic (exact) mass is 446 g/mol. The van der Waals surface area contributed by atoms with Gasteiger partial charge in [-0.3, -0.25) is 14.8 Å². The molecule has 1 aliphatic carbocycles. The number of aromatic nitrogens is 1. The van der Waals surface area contributed by atoms with Crippen molar-refractivity contribution in [1.29, 1.82) is 0 Å². The number of nitrogens with one attached hydrogen (secondary N) is 1. The molecule has 7 nitrogen and oxygen atoms in total. The second-order valence-corrected chi connectivity index (χ2v) is 9.15. The summed E-state index contributed by atoms with van der Waals surface area (Å²) in [6, 6.07) is 8.20. The first-order valence-corrected chi connectivity index (χ1v) is 11.0. The number of amides is 1. The van der Waals surface area contributed by atoms with Crippen molar-refractivity contribution in [2.45, 2.75) is 58.6 Å². The number of nitrogens with zero attached hydrogens (tertiary/aromatic N) is 1. The topological polar surface area (TPSA) is 101 Å². The maximum atomic E-state index is 14.8. The second-order valence-electron chi connectivity index (χ2n) is 9.15. The number of hydrogen-bond acceptors (Lipinski definition) is 5. The summed E-state index contributed by atoms with van der Waals surface area (Å²) in [5, 5.41) is 18.4. The first kappa shape index (κ1) is 23.9. The van der Waals surface area contributed by atoms with E-state index in [2.05, 4.69) is 0 Å². The van der Waals surface area contributed by atoms with Crippen molar-refractivity contribution in [3.63, 3.8) is 0 Å². The zero-order chi connectivity index (χ0) is 23.3. The number of benzene rings is 1. The Morgan fingerprint density at radius 2 is 1.88 bits per heavy atom. The van der Waals surface area contributed by atoms with Gasteiger partial charge in [0.2, 0.25) is 5.91 Å². The summed E-state index contributed by atoms with van der Waals surface area (Å²) in [4.78, 5) is 24.2. The molecule has 1 heterocycles. The Morgan fingerprint density at radius 3 is 2.50 bits per heavy atom. The Hall–Kier alpha value is -2.71. The fraction of sp³-hybridized carbons (Fsp3) is 0.500. The van der Waals surface area contributed by atoms with E-state index in [1.54, 1.807) is 43.6 Å². The molecule has 0 atom stereocenters. The Morgan fingerprint density at radius 1 is 1.22 bits per heavy atom. The summed E-state index contributed by atoms with van der Waals surface area (Å²) in [6.07, 6.45) is 4.72. The number of aryl methyl sites for hydroxylation is 1. The van der Waals surface area contributed by atoms with E-state index >= 15 is 0 Å². The lowest BCUT2D eigenvalue weighted by Crippen LogP contribution is -2.36. The van der Waals surface area contributed by atoms with Crippen LogP contribution in [0.5, 0.6) is 5.75 Å². The molecule has 0 unspecified atom stereocenters. The van der Waals surface area contributed by atoms with Crippen molar-refractivity contribution >= 4 is 5.91 Å². The predicted molar refractivity (Wildman–Crippen MR) is 118 cm³/mol. The van der Waals surface area contributed by atoms with Gasteiger partial charge in [-0.15, -0.1) is 0 Å². The van der Waals surface area contributed by atoms with Crippen LogP contribution >= 0.6 is 0 Å². The van der Waals surface area contributed by atoms with Gasteiger partial charge in [0.05, 0.1) is 12.7 Å². The maximum Gasteiger partial charge on any atom is 0.251 e. The van der Waals surface area contributed by atoms with Crippen LogP contribution in [0.1, 0.15) is 46.0 Å². The van der Waals surface area contributed by atoms with E-state index in [0.717, 1.165) is 31.9 Å². The van der Waals surface area contributed by atoms with Crippen LogP contribution in [0, 0.1) is 17.2 Å². The van der Waals surface area contributed by atoms with Crippen LogP contribution in [0.2, 0.25) is 0 Å². The van der Waals surface area contributed by atoms with Gasteiger partial charge in [0, 0.05) is 29.8 Å². The van der Waals surface area contributed by atoms with Gasteiger partial charge in [-0.05, 0) is 55.7 Å². The number of aliphatic hydroxyl groups is 1. The van der Waals surface area contributed by atoms with E-state index < -0.39 is 17.1 Å². The van der Waals surface area contributed by atoms with Crippen LogP contribution in [-0.2, 0) is 11.3 Å². The first-order chi connectivity index (χ1) is 15.2. The highest BCUT2D eigenvalue weighted by Crippen LogP contribution is 2.27. The van der Waals surface area contributed by atoms with Crippen LogP contribution in [0.3, 0.4) is 0 Å². The van der Waals surface area contributed by atoms with Crippen molar-refractivity contribution in [2.75, 3.05) is 6.61 Å². The van der Waals surface area contributed by atoms with Gasteiger partial charge in [-0.1, -0.05) is 26.0 Å². The molecule has 0 spiro atoms. The number of carbonyl (C=O) groups excluding carboxylic acids is 1. The molecule has 3 rings (SSSR count). The number of hydrogen-bond donors (Lipinski definition) is 3.